The summed E-state index contributed by atoms with van der Waals surface area (Å²) < 4.78 is 5.99. The van der Waals surface area contributed by atoms with Gasteiger partial charge in [0.1, 0.15) is 5.52 Å². The number of benzene rings is 2. The molecule has 3 amide bonds. The first-order valence-corrected chi connectivity index (χ1v) is 15.5. The van der Waals surface area contributed by atoms with E-state index in [0.29, 0.717) is 49.9 Å². The molecule has 2 aliphatic rings. The highest BCUT2D eigenvalue weighted by molar-refractivity contribution is 5.82. The van der Waals surface area contributed by atoms with E-state index < -0.39 is 17.6 Å². The van der Waals surface area contributed by atoms with Crippen LogP contribution in [0.5, 0.6) is 0 Å². The minimum Gasteiger partial charge on any atom is -0.465 e. The Morgan fingerprint density at radius 1 is 0.953 bits per heavy atom. The quantitative estimate of drug-likeness (QED) is 0.258. The highest BCUT2D eigenvalue weighted by atomic mass is 16.4. The smallest absolute Gasteiger partial charge is 0.407 e. The van der Waals surface area contributed by atoms with Crippen molar-refractivity contribution >= 4 is 29.0 Å². The Morgan fingerprint density at radius 3 is 2.35 bits per heavy atom. The molecule has 2 unspecified atom stereocenters. The first-order valence-electron chi connectivity index (χ1n) is 15.5. The number of oxazole rings is 1. The summed E-state index contributed by atoms with van der Waals surface area (Å²) in [6.45, 7) is 0.796. The zero-order valence-corrected chi connectivity index (χ0v) is 24.5. The lowest BCUT2D eigenvalue weighted by Crippen LogP contribution is -2.49. The molecule has 0 spiro atoms. The average Bonchev–Trinajstić information content (AvgIpc) is 3.49. The third kappa shape index (κ3) is 7.73. The van der Waals surface area contributed by atoms with Crippen molar-refractivity contribution in [2.75, 3.05) is 26.2 Å². The summed E-state index contributed by atoms with van der Waals surface area (Å²) in [6.07, 6.45) is 5.88. The van der Waals surface area contributed by atoms with Gasteiger partial charge in [0, 0.05) is 25.6 Å². The van der Waals surface area contributed by atoms with E-state index in [0.717, 1.165) is 37.7 Å². The van der Waals surface area contributed by atoms with E-state index in [1.807, 2.05) is 48.5 Å². The second kappa shape index (κ2) is 14.0. The number of nitrogens with one attached hydrogen (secondary N) is 2. The van der Waals surface area contributed by atoms with Crippen molar-refractivity contribution in [3.8, 4) is 0 Å². The summed E-state index contributed by atoms with van der Waals surface area (Å²) in [4.78, 5) is 43.9. The molecular weight excluding hydrogens is 548 g/mol. The fraction of sp³-hybridized carbons (Fsp3) is 0.515. The molecule has 1 saturated carbocycles. The molecule has 3 aromatic rings. The van der Waals surface area contributed by atoms with Crippen LogP contribution in [-0.2, 0) is 21.6 Å². The number of likely N-dealkylation sites (tertiary alicyclic amines) is 1. The molecule has 10 heteroatoms. The fourth-order valence-corrected chi connectivity index (χ4v) is 6.40. The van der Waals surface area contributed by atoms with Gasteiger partial charge in [-0.1, -0.05) is 61.7 Å². The van der Waals surface area contributed by atoms with E-state index >= 15 is 0 Å². The van der Waals surface area contributed by atoms with E-state index in [1.54, 1.807) is 6.07 Å². The van der Waals surface area contributed by atoms with Crippen molar-refractivity contribution in [2.24, 2.45) is 17.8 Å². The second-order valence-electron chi connectivity index (χ2n) is 12.0. The first kappa shape index (κ1) is 30.5. The largest absolute Gasteiger partial charge is 0.465 e. The Hall–Kier alpha value is -3.92. The maximum absolute atomic E-state index is 13.8. The van der Waals surface area contributed by atoms with Crippen LogP contribution in [0.25, 0.3) is 11.1 Å². The topological polar surface area (TPSA) is 145 Å². The summed E-state index contributed by atoms with van der Waals surface area (Å²) in [7, 11) is 0. The van der Waals surface area contributed by atoms with Crippen molar-refractivity contribution in [1.29, 1.82) is 0 Å². The lowest BCUT2D eigenvalue weighted by molar-refractivity contribution is -0.130. The van der Waals surface area contributed by atoms with Gasteiger partial charge >= 0.3 is 6.09 Å². The highest BCUT2D eigenvalue weighted by Gasteiger charge is 2.38. The molecule has 2 aromatic carbocycles. The Bertz CT molecular complexity index is 1350. The van der Waals surface area contributed by atoms with Crippen molar-refractivity contribution < 1.29 is 29.0 Å². The summed E-state index contributed by atoms with van der Waals surface area (Å²) in [5, 5.41) is 27.2. The number of carbonyl (C=O) groups excluding carboxylic acids is 2. The number of rotatable bonds is 11. The minimum atomic E-state index is -1.54. The number of nitrogens with zero attached hydrogens (tertiary/aromatic N) is 2. The van der Waals surface area contributed by atoms with Gasteiger partial charge in [0.25, 0.3) is 0 Å². The number of hydrogen-bond donors (Lipinski definition) is 4. The third-order valence-electron chi connectivity index (χ3n) is 9.11. The van der Waals surface area contributed by atoms with Crippen LogP contribution in [0.15, 0.2) is 59.0 Å². The van der Waals surface area contributed by atoms with Gasteiger partial charge in [-0.25, -0.2) is 9.78 Å². The summed E-state index contributed by atoms with van der Waals surface area (Å²) >= 11 is 0. The molecule has 2 heterocycles. The maximum atomic E-state index is 13.8. The maximum Gasteiger partial charge on any atom is 0.407 e. The van der Waals surface area contributed by atoms with Gasteiger partial charge in [-0.05, 0) is 62.1 Å². The lowest BCUT2D eigenvalue weighted by atomic mass is 9.79. The van der Waals surface area contributed by atoms with E-state index in [-0.39, 0.29) is 42.6 Å². The summed E-state index contributed by atoms with van der Waals surface area (Å²) in [5.41, 5.74) is 0.724. The molecule has 2 fully saturated rings. The molecule has 0 bridgehead atoms. The molecular formula is C33H42N4O6. The average molecular weight is 591 g/mol. The van der Waals surface area contributed by atoms with Crippen LogP contribution in [0.4, 0.5) is 4.79 Å². The van der Waals surface area contributed by atoms with Crippen molar-refractivity contribution in [3.05, 3.63) is 66.1 Å². The minimum absolute atomic E-state index is 0.0731. The number of carboxylic acid groups (broad SMARTS) is 1. The molecule has 1 aromatic heterocycles. The molecule has 230 valence electrons. The number of aliphatic hydroxyl groups is 1. The van der Waals surface area contributed by atoms with Crippen LogP contribution in [0.1, 0.15) is 62.8 Å². The number of hydrogen-bond acceptors (Lipinski definition) is 6. The standard InChI is InChI=1S/C33H42N4O6/c38-29(25-16-19-37(20-17-25)32(40)41)34-21-26(24-11-5-2-6-12-24)30(39)35-22-33(42,18-15-23-9-3-1-4-10-23)31-36-27-13-7-8-14-28(27)43-31/h1,3-4,7-10,13-14,24-26,42H,2,5-6,11-12,15-22H2,(H,34,38)(H,35,39)(H,40,41). The Morgan fingerprint density at radius 2 is 1.65 bits per heavy atom. The third-order valence-corrected chi connectivity index (χ3v) is 9.11. The van der Waals surface area contributed by atoms with E-state index in [1.165, 1.54) is 4.90 Å². The number of para-hydroxylation sites is 2. The molecule has 4 N–H and O–H groups in total. The Balaban J connectivity index is 1.27. The van der Waals surface area contributed by atoms with Crippen LogP contribution < -0.4 is 10.6 Å². The SMILES string of the molecule is O=C(NCC(C(=O)NCC(O)(CCc1ccccc1)c1nc2ccccc2o1)C1CCCCC1)C1CCN(C(=O)O)CC1. The number of piperidine rings is 1. The lowest BCUT2D eigenvalue weighted by Gasteiger charge is -2.32. The van der Waals surface area contributed by atoms with Gasteiger partial charge in [-0.2, -0.15) is 0 Å². The second-order valence-corrected chi connectivity index (χ2v) is 12.0. The number of aromatic nitrogens is 1. The fourth-order valence-electron chi connectivity index (χ4n) is 6.40. The van der Waals surface area contributed by atoms with Crippen molar-refractivity contribution in [2.45, 2.75) is 63.4 Å². The molecule has 1 aliphatic carbocycles. The molecule has 1 aliphatic heterocycles. The number of fused-ring (bicyclic) bond motifs is 1. The first-order chi connectivity index (χ1) is 20.8. The van der Waals surface area contributed by atoms with Gasteiger partial charge in [-0.3, -0.25) is 9.59 Å². The van der Waals surface area contributed by atoms with E-state index in [9.17, 15) is 24.6 Å². The molecule has 43 heavy (non-hydrogen) atoms. The Labute approximate surface area is 251 Å². The molecule has 10 nitrogen and oxygen atoms in total. The predicted molar refractivity (Wildman–Crippen MR) is 161 cm³/mol. The van der Waals surface area contributed by atoms with Crippen molar-refractivity contribution in [1.82, 2.24) is 20.5 Å². The molecule has 2 atom stereocenters. The number of amides is 3. The zero-order valence-electron chi connectivity index (χ0n) is 24.5. The molecule has 1 saturated heterocycles. The molecule has 5 rings (SSSR count). The van der Waals surface area contributed by atoms with Crippen LogP contribution in [0, 0.1) is 17.8 Å². The number of carbonyl (C=O) groups is 3. The van der Waals surface area contributed by atoms with Gasteiger partial charge in [0.15, 0.2) is 11.2 Å². The van der Waals surface area contributed by atoms with Gasteiger partial charge < -0.3 is 30.2 Å². The highest BCUT2D eigenvalue weighted by Crippen LogP contribution is 2.32. The molecule has 0 radical (unpaired) electrons. The van der Waals surface area contributed by atoms with E-state index in [2.05, 4.69) is 15.6 Å². The number of aryl methyl sites for hydroxylation is 1. The zero-order chi connectivity index (χ0) is 30.2. The summed E-state index contributed by atoms with van der Waals surface area (Å²) in [5.74, 6) is -0.755. The normalized spacial score (nSPS) is 18.6. The van der Waals surface area contributed by atoms with Gasteiger partial charge in [0.05, 0.1) is 12.5 Å². The monoisotopic (exact) mass is 590 g/mol. The van der Waals surface area contributed by atoms with E-state index in [4.69, 9.17) is 4.42 Å². The summed E-state index contributed by atoms with van der Waals surface area (Å²) in [6, 6.07) is 17.2. The van der Waals surface area contributed by atoms with Gasteiger partial charge in [0.2, 0.25) is 17.7 Å². The van der Waals surface area contributed by atoms with Gasteiger partial charge in [-0.15, -0.1) is 0 Å². The predicted octanol–water partition coefficient (Wildman–Crippen LogP) is 4.47. The van der Waals surface area contributed by atoms with Crippen LogP contribution in [0.2, 0.25) is 0 Å². The van der Waals surface area contributed by atoms with Crippen LogP contribution in [0.3, 0.4) is 0 Å². The van der Waals surface area contributed by atoms with Crippen molar-refractivity contribution in [3.63, 3.8) is 0 Å². The van der Waals surface area contributed by atoms with Crippen LogP contribution >= 0.6 is 0 Å². The van der Waals surface area contributed by atoms with Crippen LogP contribution in [-0.4, -0.2) is 64.2 Å². The Kier molecular flexibility index (Phi) is 9.97.